The first-order valence-electron chi connectivity index (χ1n) is 14.5. The first-order valence-corrected chi connectivity index (χ1v) is 15.9. The molecule has 0 aliphatic carbocycles. The van der Waals surface area contributed by atoms with E-state index in [0.717, 1.165) is 5.75 Å². The Balaban J connectivity index is 1.58. The average Bonchev–Trinajstić information content (AvgIpc) is 3.06. The molecule has 0 amide bonds. The minimum atomic E-state index is 0.0442. The van der Waals surface area contributed by atoms with Crippen molar-refractivity contribution < 1.29 is 0 Å². The van der Waals surface area contributed by atoms with E-state index in [1.807, 2.05) is 11.8 Å². The zero-order valence-corrected chi connectivity index (χ0v) is 24.5. The van der Waals surface area contributed by atoms with Crippen molar-refractivity contribution in [2.45, 2.75) is 0 Å². The smallest absolute Gasteiger partial charge is 0.161 e. The van der Waals surface area contributed by atoms with Gasteiger partial charge >= 0.3 is 0 Å². The van der Waals surface area contributed by atoms with E-state index in [9.17, 15) is 0 Å². The molecule has 0 fully saturated rings. The maximum Gasteiger partial charge on any atom is 0.242 e. The Morgan fingerprint density at radius 3 is 1.43 bits per heavy atom. The molecule has 0 saturated heterocycles. The summed E-state index contributed by atoms with van der Waals surface area (Å²) >= 11 is 1.89. The Kier molecular flexibility index (Phi) is 7.39. The Hall–Kier alpha value is -4.53. The van der Waals surface area contributed by atoms with Crippen LogP contribution in [0.15, 0.2) is 158 Å². The van der Waals surface area contributed by atoms with Crippen LogP contribution in [0.2, 0.25) is 0 Å². The average molecular weight is 555 g/mol. The van der Waals surface area contributed by atoms with Crippen molar-refractivity contribution in [2.24, 2.45) is 0 Å². The van der Waals surface area contributed by atoms with E-state index in [1.54, 1.807) is 0 Å². The molecule has 0 spiro atoms. The third-order valence-electron chi connectivity index (χ3n) is 8.30. The molecule has 0 bridgehead atoms. The number of fused-ring (bicyclic) bond motifs is 3. The van der Waals surface area contributed by atoms with E-state index >= 15 is 0 Å². The summed E-state index contributed by atoms with van der Waals surface area (Å²) in [4.78, 5) is 0. The fourth-order valence-corrected chi connectivity index (χ4v) is 6.88. The van der Waals surface area contributed by atoms with Crippen LogP contribution in [0.25, 0.3) is 43.4 Å². The molecule has 0 aliphatic rings. The second-order valence-electron chi connectivity index (χ2n) is 10.9. The van der Waals surface area contributed by atoms with Crippen LogP contribution in [-0.4, -0.2) is 18.7 Å². The standard InChI is InChI=1S/C40H31BS/c1-42-28-39(32-14-3-2-4-15-32)40(36-20-19-29-11-5-8-16-33(29)25-36)41(37-23-21-30-12-6-9-17-34(30)26-37)38-24-22-31-13-7-10-18-35(31)27-38/h2-27H,28H2,1H3/b40-39+. The summed E-state index contributed by atoms with van der Waals surface area (Å²) in [6.07, 6.45) is 2.21. The van der Waals surface area contributed by atoms with Gasteiger partial charge in [0, 0.05) is 5.75 Å². The first kappa shape index (κ1) is 26.4. The lowest BCUT2D eigenvalue weighted by atomic mass is 9.34. The number of rotatable bonds is 7. The van der Waals surface area contributed by atoms with Gasteiger partial charge in [-0.05, 0) is 61.3 Å². The van der Waals surface area contributed by atoms with Crippen molar-refractivity contribution in [3.05, 3.63) is 169 Å². The summed E-state index contributed by atoms with van der Waals surface area (Å²) in [7, 11) is 0. The van der Waals surface area contributed by atoms with Gasteiger partial charge in [-0.3, -0.25) is 0 Å². The quantitative estimate of drug-likeness (QED) is 0.140. The third kappa shape index (κ3) is 5.15. The van der Waals surface area contributed by atoms with Crippen molar-refractivity contribution in [1.29, 1.82) is 0 Å². The molecule has 7 aromatic rings. The number of hydrogen-bond donors (Lipinski definition) is 0. The molecule has 0 atom stereocenters. The highest BCUT2D eigenvalue weighted by Crippen LogP contribution is 2.33. The monoisotopic (exact) mass is 554 g/mol. The van der Waals surface area contributed by atoms with Crippen molar-refractivity contribution in [3.8, 4) is 0 Å². The fraction of sp³-hybridized carbons (Fsp3) is 0.0500. The molecule has 0 aromatic heterocycles. The molecule has 200 valence electrons. The molecule has 0 saturated carbocycles. The van der Waals surface area contributed by atoms with E-state index in [-0.39, 0.29) is 6.71 Å². The number of benzene rings is 7. The molecule has 7 rings (SSSR count). The van der Waals surface area contributed by atoms with Gasteiger partial charge in [0.05, 0.1) is 0 Å². The Morgan fingerprint density at radius 1 is 0.452 bits per heavy atom. The summed E-state index contributed by atoms with van der Waals surface area (Å²) in [5, 5.41) is 7.60. The molecule has 0 N–H and O–H groups in total. The predicted octanol–water partition coefficient (Wildman–Crippen LogP) is 9.27. The molecule has 0 heterocycles. The number of hydrogen-bond acceptors (Lipinski definition) is 1. The lowest BCUT2D eigenvalue weighted by molar-refractivity contribution is 1.57. The zero-order valence-electron chi connectivity index (χ0n) is 23.7. The lowest BCUT2D eigenvalue weighted by Crippen LogP contribution is -2.44. The van der Waals surface area contributed by atoms with Gasteiger partial charge in [-0.2, -0.15) is 11.8 Å². The van der Waals surface area contributed by atoms with Gasteiger partial charge in [0.2, 0.25) is 6.71 Å². The summed E-state index contributed by atoms with van der Waals surface area (Å²) in [6.45, 7) is 0.0442. The Bertz CT molecular complexity index is 1980. The summed E-state index contributed by atoms with van der Waals surface area (Å²) < 4.78 is 0. The van der Waals surface area contributed by atoms with Gasteiger partial charge in [-0.15, -0.1) is 0 Å². The Labute approximate surface area is 252 Å². The molecule has 42 heavy (non-hydrogen) atoms. The second kappa shape index (κ2) is 11.8. The molecule has 2 heteroatoms. The van der Waals surface area contributed by atoms with Crippen LogP contribution < -0.4 is 10.9 Å². The highest BCUT2D eigenvalue weighted by Gasteiger charge is 2.29. The summed E-state index contributed by atoms with van der Waals surface area (Å²) in [5.74, 6) is 0.920. The van der Waals surface area contributed by atoms with Crippen molar-refractivity contribution in [2.75, 3.05) is 12.0 Å². The van der Waals surface area contributed by atoms with Crippen molar-refractivity contribution in [3.63, 3.8) is 0 Å². The maximum atomic E-state index is 2.40. The molecule has 0 unspecified atom stereocenters. The van der Waals surface area contributed by atoms with Gasteiger partial charge in [-0.1, -0.05) is 168 Å². The van der Waals surface area contributed by atoms with Gasteiger partial charge in [0.25, 0.3) is 0 Å². The van der Waals surface area contributed by atoms with Crippen molar-refractivity contribution in [1.82, 2.24) is 0 Å². The fourth-order valence-electron chi connectivity index (χ4n) is 6.27. The zero-order chi connectivity index (χ0) is 28.3. The maximum absolute atomic E-state index is 2.40. The van der Waals surface area contributed by atoms with Crippen LogP contribution >= 0.6 is 11.8 Å². The second-order valence-corrected chi connectivity index (χ2v) is 11.8. The van der Waals surface area contributed by atoms with E-state index in [1.165, 1.54) is 65.4 Å². The van der Waals surface area contributed by atoms with Crippen LogP contribution in [0.4, 0.5) is 0 Å². The van der Waals surface area contributed by atoms with Gasteiger partial charge in [-0.25, -0.2) is 0 Å². The molecule has 0 radical (unpaired) electrons. The molecule has 0 aliphatic heterocycles. The highest BCUT2D eigenvalue weighted by molar-refractivity contribution is 7.99. The van der Waals surface area contributed by atoms with E-state index in [2.05, 4.69) is 164 Å². The van der Waals surface area contributed by atoms with E-state index < -0.39 is 0 Å². The van der Waals surface area contributed by atoms with Gasteiger partial charge in [0.15, 0.2) is 0 Å². The van der Waals surface area contributed by atoms with E-state index in [4.69, 9.17) is 0 Å². The predicted molar refractivity (Wildman–Crippen MR) is 189 cm³/mol. The van der Waals surface area contributed by atoms with Crippen molar-refractivity contribution >= 4 is 72.8 Å². The van der Waals surface area contributed by atoms with Crippen LogP contribution in [0.3, 0.4) is 0 Å². The molecular formula is C40H31BS. The topological polar surface area (TPSA) is 0 Å². The van der Waals surface area contributed by atoms with Gasteiger partial charge in [0.1, 0.15) is 0 Å². The minimum Gasteiger partial charge on any atom is -0.161 e. The minimum absolute atomic E-state index is 0.0442. The SMILES string of the molecule is CSC/C(=C(\B(c1ccc2ccccc2c1)c1ccc2ccccc2c1)c1ccc2ccccc2c1)c1ccccc1. The van der Waals surface area contributed by atoms with Crippen LogP contribution in [-0.2, 0) is 0 Å². The lowest BCUT2D eigenvalue weighted by Gasteiger charge is -2.25. The normalized spacial score (nSPS) is 12.0. The first-order chi connectivity index (χ1) is 20.8. The van der Waals surface area contributed by atoms with Crippen LogP contribution in [0.5, 0.6) is 0 Å². The Morgan fingerprint density at radius 2 is 0.905 bits per heavy atom. The highest BCUT2D eigenvalue weighted by atomic mass is 32.2. The van der Waals surface area contributed by atoms with Gasteiger partial charge < -0.3 is 0 Å². The molecule has 7 aromatic carbocycles. The molecular weight excluding hydrogens is 523 g/mol. The summed E-state index contributed by atoms with van der Waals surface area (Å²) in [5.41, 5.74) is 7.91. The van der Waals surface area contributed by atoms with E-state index in [0.29, 0.717) is 0 Å². The molecule has 0 nitrogen and oxygen atoms in total. The third-order valence-corrected chi connectivity index (χ3v) is 8.88. The largest absolute Gasteiger partial charge is 0.242 e. The van der Waals surface area contributed by atoms with Crippen LogP contribution in [0.1, 0.15) is 11.1 Å². The number of thioether (sulfide) groups is 1. The summed E-state index contributed by atoms with van der Waals surface area (Å²) in [6, 6.07) is 58.1. The van der Waals surface area contributed by atoms with Crippen LogP contribution in [0, 0.1) is 0 Å².